The maximum atomic E-state index is 13.2. The molecule has 168 valence electrons. The van der Waals surface area contributed by atoms with E-state index in [1.54, 1.807) is 11.6 Å². The van der Waals surface area contributed by atoms with E-state index in [1.807, 2.05) is 43.3 Å². The minimum atomic E-state index is -3.57. The normalized spacial score (nSPS) is 15.7. The second kappa shape index (κ2) is 9.30. The summed E-state index contributed by atoms with van der Waals surface area (Å²) in [6.07, 6.45) is 3.27. The van der Waals surface area contributed by atoms with Crippen LogP contribution in [0.3, 0.4) is 0 Å². The van der Waals surface area contributed by atoms with E-state index < -0.39 is 10.0 Å². The maximum absolute atomic E-state index is 13.2. The molecule has 1 atom stereocenters. The van der Waals surface area contributed by atoms with E-state index in [4.69, 9.17) is 0 Å². The van der Waals surface area contributed by atoms with E-state index in [0.717, 1.165) is 24.0 Å². The summed E-state index contributed by atoms with van der Waals surface area (Å²) in [5.41, 5.74) is 2.54. The van der Waals surface area contributed by atoms with Gasteiger partial charge in [-0.1, -0.05) is 60.7 Å². The van der Waals surface area contributed by atoms with Crippen LogP contribution in [0.2, 0.25) is 0 Å². The third-order valence-corrected chi connectivity index (χ3v) is 7.96. The molecule has 1 saturated heterocycles. The van der Waals surface area contributed by atoms with Gasteiger partial charge in [-0.25, -0.2) is 8.42 Å². The Hall–Kier alpha value is -2.90. The van der Waals surface area contributed by atoms with Crippen LogP contribution in [0.1, 0.15) is 47.3 Å². The smallest absolute Gasteiger partial charge is 0.268 e. The Morgan fingerprint density at radius 1 is 0.938 bits per heavy atom. The largest absolute Gasteiger partial charge is 0.347 e. The van der Waals surface area contributed by atoms with Gasteiger partial charge in [-0.05, 0) is 37.0 Å². The molecule has 1 amide bonds. The SMILES string of the molecule is CC(NC(=O)c1cc(S(=O)(=O)N2CCCC2)cn1C)C(c1ccccc1)c1ccccc1. The van der Waals surface area contributed by atoms with Crippen LogP contribution in [0.15, 0.2) is 77.8 Å². The van der Waals surface area contributed by atoms with Gasteiger partial charge >= 0.3 is 0 Å². The van der Waals surface area contributed by atoms with Crippen LogP contribution in [0.5, 0.6) is 0 Å². The monoisotopic (exact) mass is 451 g/mol. The van der Waals surface area contributed by atoms with Crippen molar-refractivity contribution in [1.29, 1.82) is 0 Å². The number of nitrogens with one attached hydrogen (secondary N) is 1. The van der Waals surface area contributed by atoms with Crippen LogP contribution in [0.4, 0.5) is 0 Å². The lowest BCUT2D eigenvalue weighted by Gasteiger charge is -2.26. The topological polar surface area (TPSA) is 71.4 Å². The van der Waals surface area contributed by atoms with Crippen LogP contribution < -0.4 is 5.32 Å². The van der Waals surface area contributed by atoms with Crippen LogP contribution in [-0.4, -0.2) is 42.3 Å². The summed E-state index contributed by atoms with van der Waals surface area (Å²) < 4.78 is 28.9. The number of hydrogen-bond acceptors (Lipinski definition) is 3. The molecule has 7 heteroatoms. The second-order valence-electron chi connectivity index (χ2n) is 8.34. The Labute approximate surface area is 189 Å². The summed E-state index contributed by atoms with van der Waals surface area (Å²) in [5, 5.41) is 3.10. The van der Waals surface area contributed by atoms with Gasteiger partial charge in [-0.2, -0.15) is 4.31 Å². The molecule has 1 aromatic heterocycles. The van der Waals surface area contributed by atoms with Crippen molar-refractivity contribution in [3.63, 3.8) is 0 Å². The number of hydrogen-bond donors (Lipinski definition) is 1. The summed E-state index contributed by atoms with van der Waals surface area (Å²) in [5.74, 6) is -0.325. The van der Waals surface area contributed by atoms with Crippen LogP contribution in [-0.2, 0) is 17.1 Å². The van der Waals surface area contributed by atoms with Gasteiger partial charge in [0.15, 0.2) is 0 Å². The molecule has 1 unspecified atom stereocenters. The van der Waals surface area contributed by atoms with Gasteiger partial charge in [-0.3, -0.25) is 4.79 Å². The summed E-state index contributed by atoms with van der Waals surface area (Å²) in [4.78, 5) is 13.3. The first-order valence-electron chi connectivity index (χ1n) is 10.9. The number of carbonyl (C=O) groups excluding carboxylic acids is 1. The van der Waals surface area contributed by atoms with Crippen molar-refractivity contribution in [2.45, 2.75) is 36.6 Å². The quantitative estimate of drug-likeness (QED) is 0.595. The molecule has 2 heterocycles. The number of aromatic nitrogens is 1. The zero-order valence-electron chi connectivity index (χ0n) is 18.4. The molecular weight excluding hydrogens is 422 g/mol. The van der Waals surface area contributed by atoms with E-state index in [9.17, 15) is 13.2 Å². The minimum absolute atomic E-state index is 0.0329. The lowest BCUT2D eigenvalue weighted by Crippen LogP contribution is -2.38. The number of carbonyl (C=O) groups is 1. The number of amides is 1. The highest BCUT2D eigenvalue weighted by Gasteiger charge is 2.30. The first kappa shape index (κ1) is 22.3. The maximum Gasteiger partial charge on any atom is 0.268 e. The second-order valence-corrected chi connectivity index (χ2v) is 10.3. The average molecular weight is 452 g/mol. The lowest BCUT2D eigenvalue weighted by molar-refractivity contribution is 0.0928. The van der Waals surface area contributed by atoms with E-state index in [2.05, 4.69) is 29.6 Å². The highest BCUT2D eigenvalue weighted by molar-refractivity contribution is 7.89. The molecule has 4 rings (SSSR count). The van der Waals surface area contributed by atoms with Gasteiger partial charge in [-0.15, -0.1) is 0 Å². The fourth-order valence-corrected chi connectivity index (χ4v) is 6.02. The Morgan fingerprint density at radius 3 is 2.00 bits per heavy atom. The van der Waals surface area contributed by atoms with Crippen molar-refractivity contribution in [3.8, 4) is 0 Å². The molecule has 32 heavy (non-hydrogen) atoms. The summed E-state index contributed by atoms with van der Waals surface area (Å²) in [6, 6.07) is 21.4. The highest BCUT2D eigenvalue weighted by atomic mass is 32.2. The summed E-state index contributed by atoms with van der Waals surface area (Å²) in [6.45, 7) is 3.05. The molecule has 1 N–H and O–H groups in total. The first-order valence-corrected chi connectivity index (χ1v) is 12.4. The van der Waals surface area contributed by atoms with Gasteiger partial charge < -0.3 is 9.88 Å². The Kier molecular flexibility index (Phi) is 6.48. The van der Waals surface area contributed by atoms with Crippen molar-refractivity contribution in [2.24, 2.45) is 7.05 Å². The number of nitrogens with zero attached hydrogens (tertiary/aromatic N) is 2. The molecule has 3 aromatic rings. The van der Waals surface area contributed by atoms with Crippen molar-refractivity contribution in [3.05, 3.63) is 89.7 Å². The molecule has 0 aliphatic carbocycles. The van der Waals surface area contributed by atoms with Gasteiger partial charge in [0.1, 0.15) is 10.6 Å². The molecule has 1 aliphatic rings. The molecule has 6 nitrogen and oxygen atoms in total. The van der Waals surface area contributed by atoms with E-state index in [-0.39, 0.29) is 22.8 Å². The van der Waals surface area contributed by atoms with Crippen molar-refractivity contribution >= 4 is 15.9 Å². The van der Waals surface area contributed by atoms with Crippen molar-refractivity contribution in [2.75, 3.05) is 13.1 Å². The predicted octanol–water partition coefficient (Wildman–Crippen LogP) is 3.76. The summed E-state index contributed by atoms with van der Waals surface area (Å²) in [7, 11) is -1.87. The highest BCUT2D eigenvalue weighted by Crippen LogP contribution is 2.28. The van der Waals surface area contributed by atoms with Crippen LogP contribution in [0, 0.1) is 0 Å². The van der Waals surface area contributed by atoms with Gasteiger partial charge in [0.05, 0.1) is 0 Å². The zero-order valence-corrected chi connectivity index (χ0v) is 19.3. The van der Waals surface area contributed by atoms with Crippen molar-refractivity contribution in [1.82, 2.24) is 14.2 Å². The number of aryl methyl sites for hydroxylation is 1. The predicted molar refractivity (Wildman–Crippen MR) is 125 cm³/mol. The van der Waals surface area contributed by atoms with E-state index in [0.29, 0.717) is 18.8 Å². The molecule has 0 radical (unpaired) electrons. The number of rotatable bonds is 7. The minimum Gasteiger partial charge on any atom is -0.347 e. The standard InChI is InChI=1S/C25H29N3O3S/c1-19(24(20-11-5-3-6-12-20)21-13-7-4-8-14-21)26-25(29)23-17-22(18-27(23)2)32(30,31)28-15-9-10-16-28/h3-8,11-14,17-19,24H,9-10,15-16H2,1-2H3,(H,26,29). The van der Waals surface area contributed by atoms with Gasteiger partial charge in [0.25, 0.3) is 5.91 Å². The zero-order chi connectivity index (χ0) is 22.7. The fraction of sp³-hybridized carbons (Fsp3) is 0.320. The Balaban J connectivity index is 1.58. The first-order chi connectivity index (χ1) is 15.4. The summed E-state index contributed by atoms with van der Waals surface area (Å²) >= 11 is 0. The Bertz CT molecular complexity index is 1130. The molecule has 1 aliphatic heterocycles. The van der Waals surface area contributed by atoms with Gasteiger partial charge in [0.2, 0.25) is 10.0 Å². The molecule has 0 spiro atoms. The van der Waals surface area contributed by atoms with E-state index in [1.165, 1.54) is 16.6 Å². The van der Waals surface area contributed by atoms with Crippen LogP contribution >= 0.6 is 0 Å². The molecule has 0 saturated carbocycles. The van der Waals surface area contributed by atoms with E-state index >= 15 is 0 Å². The average Bonchev–Trinajstić information content (AvgIpc) is 3.46. The molecular formula is C25H29N3O3S. The number of sulfonamides is 1. The van der Waals surface area contributed by atoms with Gasteiger partial charge in [0, 0.05) is 38.3 Å². The fourth-order valence-electron chi connectivity index (χ4n) is 4.43. The molecule has 1 fully saturated rings. The third-order valence-electron chi connectivity index (χ3n) is 6.09. The molecule has 0 bridgehead atoms. The third kappa shape index (κ3) is 4.49. The van der Waals surface area contributed by atoms with Crippen molar-refractivity contribution < 1.29 is 13.2 Å². The Morgan fingerprint density at radius 2 is 1.47 bits per heavy atom. The number of benzene rings is 2. The lowest BCUT2D eigenvalue weighted by atomic mass is 9.86. The molecule has 2 aromatic carbocycles. The van der Waals surface area contributed by atoms with Crippen LogP contribution in [0.25, 0.3) is 0 Å².